The maximum Gasteiger partial charge on any atom is 0.200 e. The summed E-state index contributed by atoms with van der Waals surface area (Å²) < 4.78 is 9.90. The average Bonchev–Trinajstić information content (AvgIpc) is 1.90. The van der Waals surface area contributed by atoms with E-state index in [0.29, 0.717) is 0 Å². The summed E-state index contributed by atoms with van der Waals surface area (Å²) in [5.74, 6) is -0.153. The fourth-order valence-corrected chi connectivity index (χ4v) is 1.50. The quantitative estimate of drug-likeness (QED) is 0.455. The second-order valence-electron chi connectivity index (χ2n) is 1.73. The second-order valence-corrected chi connectivity index (χ2v) is 4.06. The monoisotopic (exact) mass is 148 g/mol. The van der Waals surface area contributed by atoms with Crippen LogP contribution < -0.4 is 5.40 Å². The number of hydrogen-bond acceptors (Lipinski definition) is 3. The molecule has 0 amide bonds. The highest BCUT2D eigenvalue weighted by Gasteiger charge is 2.16. The predicted molar refractivity (Wildman–Crippen MR) is 38.2 cm³/mol. The molecule has 1 radical (unpaired) electrons. The third-order valence-electron chi connectivity index (χ3n) is 1.14. The summed E-state index contributed by atoms with van der Waals surface area (Å²) in [7, 11) is 2.31. The number of methoxy groups -OCH3 is 2. The molecule has 2 N–H and O–H groups in total. The van der Waals surface area contributed by atoms with E-state index in [9.17, 15) is 0 Å². The van der Waals surface area contributed by atoms with Gasteiger partial charge in [0.2, 0.25) is 0 Å². The first-order valence-electron chi connectivity index (χ1n) is 2.93. The molecule has 0 aromatic heterocycles. The molecule has 0 saturated carbocycles. The summed E-state index contributed by atoms with van der Waals surface area (Å²) >= 11 is 0. The summed E-state index contributed by atoms with van der Waals surface area (Å²) in [6, 6.07) is 0.969. The molecular formula is C5H14NO2Si. The Balaban J connectivity index is 3.50. The number of ether oxygens (including phenoxy) is 2. The molecule has 0 saturated heterocycles. The minimum atomic E-state index is -0.914. The topological polar surface area (TPSA) is 44.5 Å². The molecule has 0 rings (SSSR count). The van der Waals surface area contributed by atoms with E-state index in [0.717, 1.165) is 6.04 Å². The molecule has 0 aromatic rings. The molecule has 0 unspecified atom stereocenters. The van der Waals surface area contributed by atoms with Gasteiger partial charge in [-0.2, -0.15) is 0 Å². The van der Waals surface area contributed by atoms with Crippen molar-refractivity contribution in [2.24, 2.45) is 5.40 Å². The van der Waals surface area contributed by atoms with Gasteiger partial charge in [-0.1, -0.05) is 6.92 Å². The van der Waals surface area contributed by atoms with Crippen molar-refractivity contribution in [2.45, 2.75) is 18.9 Å². The summed E-state index contributed by atoms with van der Waals surface area (Å²) in [4.78, 5) is 0. The van der Waals surface area contributed by atoms with E-state index in [2.05, 4.69) is 0 Å². The average molecular weight is 148 g/mol. The zero-order chi connectivity index (χ0) is 7.28. The zero-order valence-electron chi connectivity index (χ0n) is 6.18. The Hall–Kier alpha value is 0.0969. The van der Waals surface area contributed by atoms with Crippen molar-refractivity contribution < 1.29 is 9.47 Å². The Kier molecular flexibility index (Phi) is 4.98. The highest BCUT2D eigenvalue weighted by atomic mass is 28.3. The van der Waals surface area contributed by atoms with E-state index in [4.69, 9.17) is 14.9 Å². The van der Waals surface area contributed by atoms with Gasteiger partial charge in [-0.3, -0.25) is 0 Å². The zero-order valence-corrected chi connectivity index (χ0v) is 7.18. The Morgan fingerprint density at radius 3 is 2.00 bits per heavy atom. The van der Waals surface area contributed by atoms with Gasteiger partial charge in [0, 0.05) is 14.2 Å². The van der Waals surface area contributed by atoms with Crippen LogP contribution in [0.3, 0.4) is 0 Å². The third kappa shape index (κ3) is 2.95. The van der Waals surface area contributed by atoms with E-state index >= 15 is 0 Å². The van der Waals surface area contributed by atoms with Crippen LogP contribution in [0.1, 0.15) is 6.92 Å². The van der Waals surface area contributed by atoms with Crippen LogP contribution in [0.5, 0.6) is 0 Å². The summed E-state index contributed by atoms with van der Waals surface area (Å²) in [5, 5.41) is 5.69. The molecule has 55 valence electrons. The maximum atomic E-state index is 5.69. The van der Waals surface area contributed by atoms with E-state index in [1.165, 1.54) is 0 Å². The Morgan fingerprint density at radius 2 is 1.89 bits per heavy atom. The van der Waals surface area contributed by atoms with Gasteiger partial charge < -0.3 is 14.9 Å². The van der Waals surface area contributed by atoms with Crippen molar-refractivity contribution in [3.05, 3.63) is 0 Å². The van der Waals surface area contributed by atoms with Crippen LogP contribution in [0.2, 0.25) is 6.04 Å². The molecule has 4 heteroatoms. The van der Waals surface area contributed by atoms with Gasteiger partial charge in [-0.05, 0) is 6.04 Å². The number of rotatable bonds is 4. The highest BCUT2D eigenvalue weighted by Crippen LogP contribution is 1.96. The standard InChI is InChI=1S/C5H14NO2Si/c1-4-9(6)5(7-2)8-3/h5H,4,6H2,1-3H3. The molecule has 0 aromatic carbocycles. The van der Waals surface area contributed by atoms with E-state index in [1.807, 2.05) is 6.92 Å². The first-order valence-corrected chi connectivity index (χ1v) is 4.79. The lowest BCUT2D eigenvalue weighted by Crippen LogP contribution is -2.41. The van der Waals surface area contributed by atoms with Crippen molar-refractivity contribution >= 4 is 8.96 Å². The molecule has 0 atom stereocenters. The van der Waals surface area contributed by atoms with E-state index in [1.54, 1.807) is 14.2 Å². The largest absolute Gasteiger partial charge is 0.358 e. The van der Waals surface area contributed by atoms with Gasteiger partial charge in [0.05, 0.1) is 0 Å². The first kappa shape index (κ1) is 9.10. The van der Waals surface area contributed by atoms with Crippen molar-refractivity contribution in [2.75, 3.05) is 14.2 Å². The van der Waals surface area contributed by atoms with Gasteiger partial charge >= 0.3 is 0 Å². The summed E-state index contributed by atoms with van der Waals surface area (Å²) in [6.07, 6.45) is 0. The lowest BCUT2D eigenvalue weighted by Gasteiger charge is -2.16. The fraction of sp³-hybridized carbons (Fsp3) is 1.00. The normalized spacial score (nSPS) is 11.3. The molecule has 0 fully saturated rings. The van der Waals surface area contributed by atoms with Crippen molar-refractivity contribution in [1.82, 2.24) is 0 Å². The smallest absolute Gasteiger partial charge is 0.200 e. The molecule has 9 heavy (non-hydrogen) atoms. The molecule has 0 aliphatic carbocycles. The minimum absolute atomic E-state index is 0.153. The maximum absolute atomic E-state index is 5.69. The molecular weight excluding hydrogens is 134 g/mol. The minimum Gasteiger partial charge on any atom is -0.358 e. The predicted octanol–water partition coefficient (Wildman–Crippen LogP) is 0.115. The Bertz CT molecular complexity index is 68.0. The summed E-state index contributed by atoms with van der Waals surface area (Å²) in [5.41, 5.74) is 0. The fourth-order valence-electron chi connectivity index (χ4n) is 0.566. The van der Waals surface area contributed by atoms with Gasteiger partial charge in [0.25, 0.3) is 0 Å². The molecule has 0 heterocycles. The summed E-state index contributed by atoms with van der Waals surface area (Å²) in [6.45, 7) is 2.04. The number of hydrogen-bond donors (Lipinski definition) is 1. The van der Waals surface area contributed by atoms with Gasteiger partial charge in [0.1, 0.15) is 0 Å². The van der Waals surface area contributed by atoms with Crippen molar-refractivity contribution in [1.29, 1.82) is 0 Å². The molecule has 0 aliphatic rings. The second kappa shape index (κ2) is 4.93. The third-order valence-corrected chi connectivity index (χ3v) is 3.03. The first-order chi connectivity index (χ1) is 4.26. The van der Waals surface area contributed by atoms with Gasteiger partial charge in [0.15, 0.2) is 14.9 Å². The SMILES string of the molecule is CC[Si](N)C(OC)OC. The Labute approximate surface area is 57.8 Å². The highest BCUT2D eigenvalue weighted by molar-refractivity contribution is 6.56. The van der Waals surface area contributed by atoms with Crippen LogP contribution in [-0.2, 0) is 9.47 Å². The molecule has 0 aliphatic heterocycles. The van der Waals surface area contributed by atoms with Gasteiger partial charge in [-0.25, -0.2) is 0 Å². The van der Waals surface area contributed by atoms with Crippen molar-refractivity contribution in [3.63, 3.8) is 0 Å². The molecule has 0 spiro atoms. The van der Waals surface area contributed by atoms with Crippen LogP contribution in [0.25, 0.3) is 0 Å². The van der Waals surface area contributed by atoms with Crippen LogP contribution in [0.4, 0.5) is 0 Å². The van der Waals surface area contributed by atoms with E-state index < -0.39 is 8.96 Å². The Morgan fingerprint density at radius 1 is 1.44 bits per heavy atom. The van der Waals surface area contributed by atoms with Gasteiger partial charge in [-0.15, -0.1) is 0 Å². The van der Waals surface area contributed by atoms with Crippen LogP contribution in [-0.4, -0.2) is 29.1 Å². The van der Waals surface area contributed by atoms with Crippen LogP contribution >= 0.6 is 0 Å². The van der Waals surface area contributed by atoms with Crippen LogP contribution in [0.15, 0.2) is 0 Å². The molecule has 0 bridgehead atoms. The molecule has 3 nitrogen and oxygen atoms in total. The van der Waals surface area contributed by atoms with Crippen LogP contribution in [0, 0.1) is 0 Å². The number of nitrogens with two attached hydrogens (primary N) is 1. The van der Waals surface area contributed by atoms with Crippen molar-refractivity contribution in [3.8, 4) is 0 Å². The lowest BCUT2D eigenvalue weighted by atomic mass is 11.0. The van der Waals surface area contributed by atoms with E-state index in [-0.39, 0.29) is 5.91 Å². The lowest BCUT2D eigenvalue weighted by molar-refractivity contribution is -0.0474.